The molecule has 0 amide bonds. The van der Waals surface area contributed by atoms with Crippen LogP contribution in [0.25, 0.3) is 0 Å². The first-order valence-corrected chi connectivity index (χ1v) is 4.29. The third kappa shape index (κ3) is 3.15. The molecule has 1 aromatic rings. The van der Waals surface area contributed by atoms with Crippen LogP contribution < -0.4 is 11.1 Å². The number of nitrogens with one attached hydrogen (secondary N) is 1. The smallest absolute Gasteiger partial charge is 0.149 e. The van der Waals surface area contributed by atoms with E-state index in [1.807, 2.05) is 19.1 Å². The Morgan fingerprint density at radius 2 is 2.46 bits per heavy atom. The minimum atomic E-state index is 0.684. The van der Waals surface area contributed by atoms with Crippen LogP contribution in [-0.2, 0) is 0 Å². The van der Waals surface area contributed by atoms with Crippen LogP contribution in [0.1, 0.15) is 13.3 Å². The highest BCUT2D eigenvalue weighted by Crippen LogP contribution is 2.12. The molecule has 1 rings (SSSR count). The van der Waals surface area contributed by atoms with E-state index in [4.69, 9.17) is 5.73 Å². The summed E-state index contributed by atoms with van der Waals surface area (Å²) in [5, 5.41) is 3.15. The summed E-state index contributed by atoms with van der Waals surface area (Å²) in [7, 11) is 0. The fourth-order valence-corrected chi connectivity index (χ4v) is 0.960. The van der Waals surface area contributed by atoms with Gasteiger partial charge in [-0.1, -0.05) is 5.57 Å². The monoisotopic (exact) mass is 177 g/mol. The molecule has 0 saturated heterocycles. The predicted octanol–water partition coefficient (Wildman–Crippen LogP) is 2.04. The van der Waals surface area contributed by atoms with Gasteiger partial charge in [0.05, 0.1) is 5.69 Å². The summed E-state index contributed by atoms with van der Waals surface area (Å²) >= 11 is 0. The Hall–Kier alpha value is -1.51. The van der Waals surface area contributed by atoms with Crippen molar-refractivity contribution in [3.05, 3.63) is 30.5 Å². The van der Waals surface area contributed by atoms with Gasteiger partial charge in [0, 0.05) is 12.7 Å². The molecule has 70 valence electrons. The highest BCUT2D eigenvalue weighted by Gasteiger charge is 1.96. The molecular weight excluding hydrogens is 162 g/mol. The van der Waals surface area contributed by atoms with Crippen LogP contribution in [0.2, 0.25) is 0 Å². The molecule has 0 aliphatic carbocycles. The number of nitrogens with two attached hydrogens (primary N) is 1. The molecule has 3 heteroatoms. The van der Waals surface area contributed by atoms with Gasteiger partial charge in [-0.05, 0) is 25.5 Å². The molecule has 0 aliphatic rings. The fraction of sp³-hybridized carbons (Fsp3) is 0.300. The maximum atomic E-state index is 5.69. The van der Waals surface area contributed by atoms with Gasteiger partial charge in [-0.25, -0.2) is 4.98 Å². The Bertz CT molecular complexity index is 294. The number of hydrogen-bond acceptors (Lipinski definition) is 3. The van der Waals surface area contributed by atoms with E-state index in [2.05, 4.69) is 16.9 Å². The second-order valence-corrected chi connectivity index (χ2v) is 3.08. The minimum absolute atomic E-state index is 0.684. The highest BCUT2D eigenvalue weighted by atomic mass is 15.0. The zero-order valence-corrected chi connectivity index (χ0v) is 7.88. The minimum Gasteiger partial charge on any atom is -0.396 e. The number of anilines is 2. The third-order valence-corrected chi connectivity index (χ3v) is 1.68. The second kappa shape index (κ2) is 4.50. The number of aromatic nitrogens is 1. The lowest BCUT2D eigenvalue weighted by molar-refractivity contribution is 0.992. The van der Waals surface area contributed by atoms with E-state index >= 15 is 0 Å². The van der Waals surface area contributed by atoms with Gasteiger partial charge in [0.15, 0.2) is 0 Å². The summed E-state index contributed by atoms with van der Waals surface area (Å²) in [6.45, 7) is 6.65. The van der Waals surface area contributed by atoms with Crippen molar-refractivity contribution in [2.24, 2.45) is 0 Å². The van der Waals surface area contributed by atoms with Gasteiger partial charge in [0.25, 0.3) is 0 Å². The molecule has 3 N–H and O–H groups in total. The van der Waals surface area contributed by atoms with Gasteiger partial charge >= 0.3 is 0 Å². The van der Waals surface area contributed by atoms with E-state index in [0.717, 1.165) is 24.4 Å². The van der Waals surface area contributed by atoms with Crippen molar-refractivity contribution in [3.8, 4) is 0 Å². The number of hydrogen-bond donors (Lipinski definition) is 2. The molecule has 0 atom stereocenters. The van der Waals surface area contributed by atoms with E-state index in [9.17, 15) is 0 Å². The molecule has 1 aromatic heterocycles. The molecule has 0 aromatic carbocycles. The fourth-order valence-electron chi connectivity index (χ4n) is 0.960. The van der Waals surface area contributed by atoms with Crippen molar-refractivity contribution in [2.45, 2.75) is 13.3 Å². The van der Waals surface area contributed by atoms with Crippen LogP contribution in [0.5, 0.6) is 0 Å². The maximum absolute atomic E-state index is 5.69. The lowest BCUT2D eigenvalue weighted by Crippen LogP contribution is -2.05. The quantitative estimate of drug-likeness (QED) is 0.692. The molecule has 0 unspecified atom stereocenters. The molecule has 0 aliphatic heterocycles. The van der Waals surface area contributed by atoms with Crippen molar-refractivity contribution in [2.75, 3.05) is 17.6 Å². The highest BCUT2D eigenvalue weighted by molar-refractivity contribution is 5.60. The summed E-state index contributed by atoms with van der Waals surface area (Å²) in [5.41, 5.74) is 7.53. The second-order valence-electron chi connectivity index (χ2n) is 3.08. The summed E-state index contributed by atoms with van der Waals surface area (Å²) in [4.78, 5) is 4.11. The summed E-state index contributed by atoms with van der Waals surface area (Å²) < 4.78 is 0. The lowest BCUT2D eigenvalue weighted by atomic mass is 10.2. The van der Waals surface area contributed by atoms with E-state index < -0.39 is 0 Å². The molecule has 0 fully saturated rings. The number of pyridine rings is 1. The van der Waals surface area contributed by atoms with Crippen molar-refractivity contribution in [3.63, 3.8) is 0 Å². The first kappa shape index (κ1) is 9.58. The van der Waals surface area contributed by atoms with Crippen molar-refractivity contribution < 1.29 is 0 Å². The first-order valence-electron chi connectivity index (χ1n) is 4.29. The largest absolute Gasteiger partial charge is 0.396 e. The molecular formula is C10H15N3. The Morgan fingerprint density at radius 1 is 1.69 bits per heavy atom. The molecule has 1 heterocycles. The van der Waals surface area contributed by atoms with Gasteiger partial charge in [-0.2, -0.15) is 0 Å². The Kier molecular flexibility index (Phi) is 3.31. The Morgan fingerprint density at radius 3 is 3.08 bits per heavy atom. The van der Waals surface area contributed by atoms with E-state index in [-0.39, 0.29) is 0 Å². The van der Waals surface area contributed by atoms with Crippen molar-refractivity contribution in [1.82, 2.24) is 4.98 Å². The average molecular weight is 177 g/mol. The Labute approximate surface area is 78.7 Å². The van der Waals surface area contributed by atoms with Gasteiger partial charge in [-0.15, -0.1) is 6.58 Å². The summed E-state index contributed by atoms with van der Waals surface area (Å²) in [6.07, 6.45) is 2.66. The molecule has 0 spiro atoms. The van der Waals surface area contributed by atoms with Crippen LogP contribution in [0.15, 0.2) is 30.5 Å². The first-order chi connectivity index (χ1) is 6.20. The van der Waals surface area contributed by atoms with Crippen LogP contribution in [0, 0.1) is 0 Å². The predicted molar refractivity (Wildman–Crippen MR) is 56.6 cm³/mol. The van der Waals surface area contributed by atoms with Gasteiger partial charge < -0.3 is 11.1 Å². The molecule has 13 heavy (non-hydrogen) atoms. The normalized spacial score (nSPS) is 9.62. The molecule has 0 saturated carbocycles. The zero-order chi connectivity index (χ0) is 9.68. The van der Waals surface area contributed by atoms with E-state index in [0.29, 0.717) is 5.69 Å². The Balaban J connectivity index is 2.45. The van der Waals surface area contributed by atoms with Crippen LogP contribution in [0.3, 0.4) is 0 Å². The topological polar surface area (TPSA) is 50.9 Å². The summed E-state index contributed by atoms with van der Waals surface area (Å²) in [6, 6.07) is 3.65. The van der Waals surface area contributed by atoms with Crippen molar-refractivity contribution in [1.29, 1.82) is 0 Å². The molecule has 3 nitrogen and oxygen atoms in total. The molecule has 0 radical (unpaired) electrons. The zero-order valence-electron chi connectivity index (χ0n) is 7.88. The average Bonchev–Trinajstić information content (AvgIpc) is 2.08. The van der Waals surface area contributed by atoms with Crippen LogP contribution in [0.4, 0.5) is 11.5 Å². The number of nitrogen functional groups attached to an aromatic ring is 1. The van der Waals surface area contributed by atoms with Crippen LogP contribution >= 0.6 is 0 Å². The standard InChI is InChI=1S/C10H15N3/c1-8(2)5-7-13-10-9(11)4-3-6-12-10/h3-4,6H,1,5,7,11H2,2H3,(H,12,13). The van der Waals surface area contributed by atoms with Gasteiger partial charge in [0.2, 0.25) is 0 Å². The number of nitrogens with zero attached hydrogens (tertiary/aromatic N) is 1. The van der Waals surface area contributed by atoms with Crippen LogP contribution in [-0.4, -0.2) is 11.5 Å². The third-order valence-electron chi connectivity index (χ3n) is 1.68. The maximum Gasteiger partial charge on any atom is 0.149 e. The van der Waals surface area contributed by atoms with E-state index in [1.54, 1.807) is 6.20 Å². The number of rotatable bonds is 4. The van der Waals surface area contributed by atoms with Crippen molar-refractivity contribution >= 4 is 11.5 Å². The molecule has 0 bridgehead atoms. The lowest BCUT2D eigenvalue weighted by Gasteiger charge is -2.06. The van der Waals surface area contributed by atoms with Gasteiger partial charge in [-0.3, -0.25) is 0 Å². The summed E-state index contributed by atoms with van der Waals surface area (Å²) in [5.74, 6) is 0.753. The SMILES string of the molecule is C=C(C)CCNc1ncccc1N. The van der Waals surface area contributed by atoms with Gasteiger partial charge in [0.1, 0.15) is 5.82 Å². The van der Waals surface area contributed by atoms with E-state index in [1.165, 1.54) is 0 Å².